The molecule has 0 heterocycles. The first-order chi connectivity index (χ1) is 12.3. The summed E-state index contributed by atoms with van der Waals surface area (Å²) in [6.45, 7) is 3.20. The lowest BCUT2D eigenvalue weighted by atomic mass is 9.78. The number of nitro benzene ring substituents is 1. The highest BCUT2D eigenvalue weighted by Crippen LogP contribution is 2.28. The molecule has 0 bridgehead atoms. The third-order valence-electron chi connectivity index (χ3n) is 4.56. The van der Waals surface area contributed by atoms with Gasteiger partial charge in [0.2, 0.25) is 0 Å². The topological polar surface area (TPSA) is 110 Å². The molecule has 1 amide bonds. The van der Waals surface area contributed by atoms with Crippen LogP contribution >= 0.6 is 0 Å². The zero-order chi connectivity index (χ0) is 19.3. The molecule has 0 fully saturated rings. The minimum atomic E-state index is -1.27. The summed E-state index contributed by atoms with van der Waals surface area (Å²) in [6, 6.07) is 12.9. The Morgan fingerprint density at radius 3 is 2.38 bits per heavy atom. The van der Waals surface area contributed by atoms with Crippen molar-refractivity contribution in [3.05, 3.63) is 75.3 Å². The van der Waals surface area contributed by atoms with Crippen molar-refractivity contribution in [1.82, 2.24) is 5.32 Å². The Bertz CT molecular complexity index is 835. The lowest BCUT2D eigenvalue weighted by Gasteiger charge is -2.29. The van der Waals surface area contributed by atoms with Gasteiger partial charge >= 0.3 is 5.97 Å². The molecule has 2 aromatic carbocycles. The van der Waals surface area contributed by atoms with Crippen molar-refractivity contribution in [2.75, 3.05) is 6.54 Å². The van der Waals surface area contributed by atoms with Crippen molar-refractivity contribution in [3.63, 3.8) is 0 Å². The minimum absolute atomic E-state index is 0.116. The van der Waals surface area contributed by atoms with Gasteiger partial charge < -0.3 is 10.4 Å². The number of rotatable bonds is 7. The standard InChI is InChI=1S/C19H20N2O5/c1-3-19(18(23)24,15-7-5-4-6-8-15)12-20-17(22)14-10-9-13(2)16(11-14)21(25)26/h4-11H,3,12H2,1-2H3,(H,20,22)(H,23,24). The summed E-state index contributed by atoms with van der Waals surface area (Å²) >= 11 is 0. The number of aliphatic carboxylic acids is 1. The number of carbonyl (C=O) groups excluding carboxylic acids is 1. The number of carbonyl (C=O) groups is 2. The molecule has 2 aromatic rings. The van der Waals surface area contributed by atoms with Gasteiger partial charge in [-0.3, -0.25) is 19.7 Å². The van der Waals surface area contributed by atoms with Crippen LogP contribution in [-0.2, 0) is 10.2 Å². The average molecular weight is 356 g/mol. The zero-order valence-electron chi connectivity index (χ0n) is 14.6. The number of nitrogens with zero attached hydrogens (tertiary/aromatic N) is 1. The number of carboxylic acids is 1. The van der Waals surface area contributed by atoms with Crippen molar-refractivity contribution in [2.24, 2.45) is 0 Å². The molecule has 7 nitrogen and oxygen atoms in total. The lowest BCUT2D eigenvalue weighted by Crippen LogP contribution is -2.46. The molecule has 1 atom stereocenters. The van der Waals surface area contributed by atoms with Crippen molar-refractivity contribution in [2.45, 2.75) is 25.7 Å². The Morgan fingerprint density at radius 2 is 1.85 bits per heavy atom. The summed E-state index contributed by atoms with van der Waals surface area (Å²) in [6.07, 6.45) is 0.278. The SMILES string of the molecule is CCC(CNC(=O)c1ccc(C)c([N+](=O)[O-])c1)(C(=O)O)c1ccccc1. The highest BCUT2D eigenvalue weighted by molar-refractivity contribution is 5.95. The largest absolute Gasteiger partial charge is 0.481 e. The van der Waals surface area contributed by atoms with Crippen LogP contribution in [0.1, 0.15) is 34.8 Å². The Labute approximate surface area is 150 Å². The molecule has 136 valence electrons. The van der Waals surface area contributed by atoms with E-state index in [-0.39, 0.29) is 24.2 Å². The van der Waals surface area contributed by atoms with Crippen molar-refractivity contribution in [3.8, 4) is 0 Å². The number of hydrogen-bond acceptors (Lipinski definition) is 4. The van der Waals surface area contributed by atoms with E-state index >= 15 is 0 Å². The third-order valence-corrected chi connectivity index (χ3v) is 4.56. The van der Waals surface area contributed by atoms with Crippen molar-refractivity contribution >= 4 is 17.6 Å². The number of nitro groups is 1. The van der Waals surface area contributed by atoms with Crippen LogP contribution in [0.4, 0.5) is 5.69 Å². The predicted octanol–water partition coefficient (Wildman–Crippen LogP) is 3.07. The summed E-state index contributed by atoms with van der Waals surface area (Å²) < 4.78 is 0. The second kappa shape index (κ2) is 7.77. The lowest BCUT2D eigenvalue weighted by molar-refractivity contribution is -0.385. The summed E-state index contributed by atoms with van der Waals surface area (Å²) in [5.74, 6) is -1.59. The zero-order valence-corrected chi connectivity index (χ0v) is 14.6. The van der Waals surface area contributed by atoms with E-state index in [2.05, 4.69) is 5.32 Å². The van der Waals surface area contributed by atoms with Gasteiger partial charge in [0.15, 0.2) is 0 Å². The molecule has 0 saturated heterocycles. The quantitative estimate of drug-likeness (QED) is 0.585. The first-order valence-corrected chi connectivity index (χ1v) is 8.14. The molecule has 0 spiro atoms. The maximum atomic E-state index is 12.4. The van der Waals surface area contributed by atoms with Gasteiger partial charge in [0.05, 0.1) is 4.92 Å². The Balaban J connectivity index is 2.27. The second-order valence-electron chi connectivity index (χ2n) is 6.05. The van der Waals surface area contributed by atoms with E-state index in [0.717, 1.165) is 0 Å². The van der Waals surface area contributed by atoms with E-state index in [1.54, 1.807) is 44.2 Å². The van der Waals surface area contributed by atoms with Crippen LogP contribution in [0.15, 0.2) is 48.5 Å². The van der Waals surface area contributed by atoms with Gasteiger partial charge in [0, 0.05) is 23.7 Å². The number of amides is 1. The van der Waals surface area contributed by atoms with Gasteiger partial charge in [-0.1, -0.05) is 43.3 Å². The number of benzene rings is 2. The van der Waals surface area contributed by atoms with Gasteiger partial charge in [0.1, 0.15) is 5.41 Å². The van der Waals surface area contributed by atoms with E-state index in [1.807, 2.05) is 0 Å². The monoisotopic (exact) mass is 356 g/mol. The van der Waals surface area contributed by atoms with Crippen LogP contribution in [0.3, 0.4) is 0 Å². The number of hydrogen-bond donors (Lipinski definition) is 2. The van der Waals surface area contributed by atoms with E-state index in [9.17, 15) is 24.8 Å². The van der Waals surface area contributed by atoms with Gasteiger partial charge in [-0.15, -0.1) is 0 Å². The Morgan fingerprint density at radius 1 is 1.19 bits per heavy atom. The Hall–Kier alpha value is -3.22. The summed E-state index contributed by atoms with van der Waals surface area (Å²) in [5.41, 5.74) is -0.269. The first-order valence-electron chi connectivity index (χ1n) is 8.14. The number of carboxylic acid groups (broad SMARTS) is 1. The molecular weight excluding hydrogens is 336 g/mol. The van der Waals surface area contributed by atoms with Gasteiger partial charge in [-0.05, 0) is 25.0 Å². The summed E-state index contributed by atoms with van der Waals surface area (Å²) in [4.78, 5) is 34.8. The van der Waals surface area contributed by atoms with Crippen molar-refractivity contribution < 1.29 is 19.6 Å². The van der Waals surface area contributed by atoms with E-state index in [4.69, 9.17) is 0 Å². The molecule has 7 heteroatoms. The molecule has 0 aliphatic rings. The number of nitrogens with one attached hydrogen (secondary N) is 1. The van der Waals surface area contributed by atoms with Gasteiger partial charge in [0.25, 0.3) is 11.6 Å². The average Bonchev–Trinajstić information content (AvgIpc) is 2.63. The molecule has 1 unspecified atom stereocenters. The predicted molar refractivity (Wildman–Crippen MR) is 96.2 cm³/mol. The summed E-state index contributed by atoms with van der Waals surface area (Å²) in [7, 11) is 0. The Kier molecular flexibility index (Phi) is 5.71. The first kappa shape index (κ1) is 19.1. The normalized spacial score (nSPS) is 12.8. The molecule has 0 aliphatic heterocycles. The van der Waals surface area contributed by atoms with Crippen LogP contribution < -0.4 is 5.32 Å². The van der Waals surface area contributed by atoms with E-state index < -0.39 is 22.2 Å². The fourth-order valence-corrected chi connectivity index (χ4v) is 2.82. The van der Waals surface area contributed by atoms with Crippen molar-refractivity contribution in [1.29, 1.82) is 0 Å². The minimum Gasteiger partial charge on any atom is -0.481 e. The molecule has 0 aromatic heterocycles. The molecule has 2 rings (SSSR count). The fourth-order valence-electron chi connectivity index (χ4n) is 2.82. The van der Waals surface area contributed by atoms with Crippen LogP contribution in [0, 0.1) is 17.0 Å². The summed E-state index contributed by atoms with van der Waals surface area (Å²) in [5, 5.41) is 23.4. The molecule has 0 radical (unpaired) electrons. The maximum Gasteiger partial charge on any atom is 0.315 e. The van der Waals surface area contributed by atoms with Crippen LogP contribution in [0.25, 0.3) is 0 Å². The smallest absolute Gasteiger partial charge is 0.315 e. The molecular formula is C19H20N2O5. The van der Waals surface area contributed by atoms with Crippen LogP contribution in [-0.4, -0.2) is 28.5 Å². The molecule has 26 heavy (non-hydrogen) atoms. The highest BCUT2D eigenvalue weighted by Gasteiger charge is 2.39. The fraction of sp³-hybridized carbons (Fsp3) is 0.263. The molecule has 2 N–H and O–H groups in total. The van der Waals surface area contributed by atoms with Crippen LogP contribution in [0.2, 0.25) is 0 Å². The van der Waals surface area contributed by atoms with Gasteiger partial charge in [-0.25, -0.2) is 0 Å². The van der Waals surface area contributed by atoms with E-state index in [0.29, 0.717) is 11.1 Å². The third kappa shape index (κ3) is 3.72. The maximum absolute atomic E-state index is 12.4. The number of aryl methyl sites for hydroxylation is 1. The highest BCUT2D eigenvalue weighted by atomic mass is 16.6. The van der Waals surface area contributed by atoms with Crippen LogP contribution in [0.5, 0.6) is 0 Å². The molecule has 0 aliphatic carbocycles. The van der Waals surface area contributed by atoms with E-state index in [1.165, 1.54) is 18.2 Å². The molecule has 0 saturated carbocycles. The van der Waals surface area contributed by atoms with Gasteiger partial charge in [-0.2, -0.15) is 0 Å². The second-order valence-corrected chi connectivity index (χ2v) is 6.05.